The van der Waals surface area contributed by atoms with Crippen molar-refractivity contribution in [2.75, 3.05) is 20.2 Å². The molecule has 1 aliphatic carbocycles. The average molecular weight is 169 g/mol. The van der Waals surface area contributed by atoms with Gasteiger partial charge in [0.1, 0.15) is 0 Å². The van der Waals surface area contributed by atoms with Crippen LogP contribution in [-0.4, -0.2) is 25.8 Å². The third-order valence-corrected chi connectivity index (χ3v) is 3.46. The second kappa shape index (κ2) is 3.35. The molecule has 2 aliphatic rings. The maximum atomic E-state index is 5.57. The Morgan fingerprint density at radius 1 is 1.33 bits per heavy atom. The fraction of sp³-hybridized carbons (Fsp3) is 1.00. The summed E-state index contributed by atoms with van der Waals surface area (Å²) in [6.45, 7) is 2.14. The Morgan fingerprint density at radius 3 is 2.42 bits per heavy atom. The van der Waals surface area contributed by atoms with Crippen LogP contribution in [0.5, 0.6) is 0 Å². The summed E-state index contributed by atoms with van der Waals surface area (Å²) in [6, 6.07) is 0. The molecule has 0 spiro atoms. The molecule has 2 heteroatoms. The minimum absolute atomic E-state index is 0.217. The van der Waals surface area contributed by atoms with Gasteiger partial charge in [0.15, 0.2) is 0 Å². The van der Waals surface area contributed by atoms with Gasteiger partial charge < -0.3 is 10.1 Å². The fourth-order valence-corrected chi connectivity index (χ4v) is 2.52. The van der Waals surface area contributed by atoms with Crippen LogP contribution in [0.1, 0.15) is 32.1 Å². The SMILES string of the molecule is COC1(CC2CCCC2)CNC1. The minimum Gasteiger partial charge on any atom is -0.376 e. The summed E-state index contributed by atoms with van der Waals surface area (Å²) in [6.07, 6.45) is 7.04. The molecule has 1 aliphatic heterocycles. The highest BCUT2D eigenvalue weighted by atomic mass is 16.5. The van der Waals surface area contributed by atoms with Crippen LogP contribution in [0.4, 0.5) is 0 Å². The van der Waals surface area contributed by atoms with Gasteiger partial charge in [-0.25, -0.2) is 0 Å². The van der Waals surface area contributed by atoms with Gasteiger partial charge in [-0.3, -0.25) is 0 Å². The highest BCUT2D eigenvalue weighted by Gasteiger charge is 2.39. The highest BCUT2D eigenvalue weighted by Crippen LogP contribution is 2.34. The quantitative estimate of drug-likeness (QED) is 0.692. The van der Waals surface area contributed by atoms with Crippen LogP contribution in [0, 0.1) is 5.92 Å². The standard InChI is InChI=1S/C10H19NO/c1-12-10(7-11-8-10)6-9-4-2-3-5-9/h9,11H,2-8H2,1H3. The van der Waals surface area contributed by atoms with Crippen LogP contribution < -0.4 is 5.32 Å². The van der Waals surface area contributed by atoms with Crippen molar-refractivity contribution in [1.82, 2.24) is 5.32 Å². The molecule has 1 saturated carbocycles. The molecule has 1 N–H and O–H groups in total. The summed E-state index contributed by atoms with van der Waals surface area (Å²) in [5.74, 6) is 0.951. The van der Waals surface area contributed by atoms with Crippen molar-refractivity contribution in [3.63, 3.8) is 0 Å². The Kier molecular flexibility index (Phi) is 2.37. The molecule has 0 atom stereocenters. The van der Waals surface area contributed by atoms with E-state index in [0.717, 1.165) is 19.0 Å². The molecule has 0 aromatic carbocycles. The van der Waals surface area contributed by atoms with Gasteiger partial charge in [-0.05, 0) is 12.3 Å². The predicted molar refractivity (Wildman–Crippen MR) is 49.2 cm³/mol. The van der Waals surface area contributed by atoms with Gasteiger partial charge in [-0.2, -0.15) is 0 Å². The molecule has 2 nitrogen and oxygen atoms in total. The largest absolute Gasteiger partial charge is 0.376 e. The van der Waals surface area contributed by atoms with E-state index in [2.05, 4.69) is 5.32 Å². The first kappa shape index (κ1) is 8.52. The third-order valence-electron chi connectivity index (χ3n) is 3.46. The lowest BCUT2D eigenvalue weighted by molar-refractivity contribution is -0.0671. The van der Waals surface area contributed by atoms with E-state index < -0.39 is 0 Å². The van der Waals surface area contributed by atoms with Crippen molar-refractivity contribution < 1.29 is 4.74 Å². The average Bonchev–Trinajstić information content (AvgIpc) is 2.49. The normalized spacial score (nSPS) is 28.8. The van der Waals surface area contributed by atoms with Gasteiger partial charge in [-0.1, -0.05) is 25.7 Å². The first-order valence-corrected chi connectivity index (χ1v) is 5.10. The first-order chi connectivity index (χ1) is 5.85. The van der Waals surface area contributed by atoms with E-state index in [1.54, 1.807) is 0 Å². The molecule has 0 bridgehead atoms. The Morgan fingerprint density at radius 2 is 2.00 bits per heavy atom. The van der Waals surface area contributed by atoms with Crippen LogP contribution >= 0.6 is 0 Å². The van der Waals surface area contributed by atoms with Gasteiger partial charge in [0.05, 0.1) is 5.60 Å². The molecule has 0 aromatic rings. The number of hydrogen-bond acceptors (Lipinski definition) is 2. The number of hydrogen-bond donors (Lipinski definition) is 1. The van der Waals surface area contributed by atoms with Crippen LogP contribution in [0.15, 0.2) is 0 Å². The van der Waals surface area contributed by atoms with E-state index in [9.17, 15) is 0 Å². The maximum absolute atomic E-state index is 5.57. The van der Waals surface area contributed by atoms with E-state index in [-0.39, 0.29) is 5.60 Å². The van der Waals surface area contributed by atoms with Crippen molar-refractivity contribution in [3.05, 3.63) is 0 Å². The lowest BCUT2D eigenvalue weighted by Gasteiger charge is -2.43. The first-order valence-electron chi connectivity index (χ1n) is 5.10. The van der Waals surface area contributed by atoms with Crippen molar-refractivity contribution in [1.29, 1.82) is 0 Å². The fourth-order valence-electron chi connectivity index (χ4n) is 2.52. The topological polar surface area (TPSA) is 21.3 Å². The van der Waals surface area contributed by atoms with Gasteiger partial charge in [-0.15, -0.1) is 0 Å². The van der Waals surface area contributed by atoms with Gasteiger partial charge in [0, 0.05) is 20.2 Å². The smallest absolute Gasteiger partial charge is 0.0928 e. The molecule has 2 rings (SSSR count). The zero-order valence-electron chi connectivity index (χ0n) is 7.94. The molecule has 0 radical (unpaired) electrons. The lowest BCUT2D eigenvalue weighted by Crippen LogP contribution is -2.61. The Labute approximate surface area is 74.7 Å². The van der Waals surface area contributed by atoms with Crippen LogP contribution in [0.25, 0.3) is 0 Å². The number of ether oxygens (including phenoxy) is 1. The number of rotatable bonds is 3. The molecule has 0 aromatic heterocycles. The van der Waals surface area contributed by atoms with Gasteiger partial charge in [0.25, 0.3) is 0 Å². The second-order valence-electron chi connectivity index (χ2n) is 4.35. The maximum Gasteiger partial charge on any atom is 0.0928 e. The van der Waals surface area contributed by atoms with Gasteiger partial charge >= 0.3 is 0 Å². The summed E-state index contributed by atoms with van der Waals surface area (Å²) >= 11 is 0. The zero-order valence-corrected chi connectivity index (χ0v) is 7.94. The molecule has 1 saturated heterocycles. The molecule has 12 heavy (non-hydrogen) atoms. The molecule has 0 amide bonds. The summed E-state index contributed by atoms with van der Waals surface area (Å²) in [5.41, 5.74) is 0.217. The van der Waals surface area contributed by atoms with Gasteiger partial charge in [0.2, 0.25) is 0 Å². The summed E-state index contributed by atoms with van der Waals surface area (Å²) in [4.78, 5) is 0. The van der Waals surface area contributed by atoms with E-state index in [4.69, 9.17) is 4.74 Å². The second-order valence-corrected chi connectivity index (χ2v) is 4.35. The molecular formula is C10H19NO. The summed E-state index contributed by atoms with van der Waals surface area (Å²) < 4.78 is 5.57. The Hall–Kier alpha value is -0.0800. The molecule has 1 heterocycles. The van der Waals surface area contributed by atoms with Crippen molar-refractivity contribution in [3.8, 4) is 0 Å². The monoisotopic (exact) mass is 169 g/mol. The molecule has 70 valence electrons. The lowest BCUT2D eigenvalue weighted by atomic mass is 9.85. The van der Waals surface area contributed by atoms with E-state index >= 15 is 0 Å². The van der Waals surface area contributed by atoms with Crippen LogP contribution in [0.3, 0.4) is 0 Å². The Bertz CT molecular complexity index is 142. The molecule has 2 fully saturated rings. The van der Waals surface area contributed by atoms with Crippen molar-refractivity contribution in [2.45, 2.75) is 37.7 Å². The van der Waals surface area contributed by atoms with E-state index in [1.165, 1.54) is 32.1 Å². The number of nitrogens with one attached hydrogen (secondary N) is 1. The van der Waals surface area contributed by atoms with E-state index in [0.29, 0.717) is 0 Å². The zero-order chi connectivity index (χ0) is 8.44. The predicted octanol–water partition coefficient (Wildman–Crippen LogP) is 1.56. The molecule has 0 unspecified atom stereocenters. The van der Waals surface area contributed by atoms with Crippen molar-refractivity contribution >= 4 is 0 Å². The summed E-state index contributed by atoms with van der Waals surface area (Å²) in [5, 5.41) is 3.30. The third kappa shape index (κ3) is 1.50. The minimum atomic E-state index is 0.217. The Balaban J connectivity index is 1.83. The summed E-state index contributed by atoms with van der Waals surface area (Å²) in [7, 11) is 1.86. The van der Waals surface area contributed by atoms with Crippen LogP contribution in [0.2, 0.25) is 0 Å². The van der Waals surface area contributed by atoms with Crippen LogP contribution in [-0.2, 0) is 4.74 Å². The number of methoxy groups -OCH3 is 1. The van der Waals surface area contributed by atoms with Crippen molar-refractivity contribution in [2.24, 2.45) is 5.92 Å². The molecular weight excluding hydrogens is 150 g/mol. The van der Waals surface area contributed by atoms with E-state index in [1.807, 2.05) is 7.11 Å². The highest BCUT2D eigenvalue weighted by molar-refractivity contribution is 4.96.